The Hall–Kier alpha value is -2.73. The number of nitrogens with zero attached hydrogens (tertiary/aromatic N) is 2. The van der Waals surface area contributed by atoms with Crippen LogP contribution in [0.3, 0.4) is 0 Å². The number of carbonyl (C=O) groups is 2. The molecule has 0 spiro atoms. The van der Waals surface area contributed by atoms with Crippen LogP contribution in [-0.2, 0) is 11.3 Å². The fraction of sp³-hybridized carbons (Fsp3) is 0.278. The van der Waals surface area contributed by atoms with E-state index in [1.165, 1.54) is 12.1 Å². The number of benzene rings is 1. The van der Waals surface area contributed by atoms with Crippen LogP contribution < -0.4 is 0 Å². The summed E-state index contributed by atoms with van der Waals surface area (Å²) in [6, 6.07) is 9.91. The van der Waals surface area contributed by atoms with Crippen LogP contribution in [0.4, 0.5) is 0 Å². The summed E-state index contributed by atoms with van der Waals surface area (Å²) in [6.45, 7) is 1.61. The molecule has 1 aliphatic rings. The van der Waals surface area contributed by atoms with Gasteiger partial charge < -0.3 is 14.7 Å². The van der Waals surface area contributed by atoms with Crippen LogP contribution in [0, 0.1) is 0 Å². The second kappa shape index (κ2) is 7.23. The molecule has 124 valence electrons. The van der Waals surface area contributed by atoms with Crippen LogP contribution in [0.5, 0.6) is 0 Å². The van der Waals surface area contributed by atoms with Crippen LogP contribution in [0.15, 0.2) is 48.8 Å². The number of ether oxygens (including phenoxy) is 1. The molecule has 2 heterocycles. The Balaban J connectivity index is 1.58. The average molecular weight is 326 g/mol. The highest BCUT2D eigenvalue weighted by Crippen LogP contribution is 2.18. The molecule has 1 aromatic carbocycles. The highest BCUT2D eigenvalue weighted by atomic mass is 16.5. The molecule has 6 nitrogen and oxygen atoms in total. The SMILES string of the molecule is O=C(O)c1cccc(C(=O)N2CCC(OCc3ccncc3)C2)c1. The molecule has 1 aliphatic heterocycles. The number of carboxylic acids is 1. The molecule has 1 saturated heterocycles. The number of hydrogen-bond acceptors (Lipinski definition) is 4. The third kappa shape index (κ3) is 3.78. The predicted octanol–water partition coefficient (Wildman–Crippen LogP) is 2.21. The van der Waals surface area contributed by atoms with E-state index in [0.29, 0.717) is 25.3 Å². The fourth-order valence-electron chi connectivity index (χ4n) is 2.71. The van der Waals surface area contributed by atoms with Gasteiger partial charge in [-0.15, -0.1) is 0 Å². The highest BCUT2D eigenvalue weighted by molar-refractivity contribution is 5.97. The number of aromatic carboxylic acids is 1. The van der Waals surface area contributed by atoms with Crippen molar-refractivity contribution in [2.24, 2.45) is 0 Å². The lowest BCUT2D eigenvalue weighted by molar-refractivity contribution is 0.0437. The lowest BCUT2D eigenvalue weighted by Crippen LogP contribution is -2.30. The van der Waals surface area contributed by atoms with E-state index in [2.05, 4.69) is 4.98 Å². The standard InChI is InChI=1S/C18H18N2O4/c21-17(14-2-1-3-15(10-14)18(22)23)20-9-6-16(11-20)24-12-13-4-7-19-8-5-13/h1-5,7-8,10,16H,6,9,11-12H2,(H,22,23). The van der Waals surface area contributed by atoms with Gasteiger partial charge in [-0.1, -0.05) is 6.07 Å². The Morgan fingerprint density at radius 2 is 1.96 bits per heavy atom. The first kappa shape index (κ1) is 16.1. The quantitative estimate of drug-likeness (QED) is 0.911. The van der Waals surface area contributed by atoms with Gasteiger partial charge in [0.25, 0.3) is 5.91 Å². The first-order chi connectivity index (χ1) is 11.6. The molecule has 1 atom stereocenters. The number of carbonyl (C=O) groups excluding carboxylic acids is 1. The van der Waals surface area contributed by atoms with Crippen molar-refractivity contribution in [2.75, 3.05) is 13.1 Å². The van der Waals surface area contributed by atoms with Gasteiger partial charge in [0.05, 0.1) is 18.3 Å². The van der Waals surface area contributed by atoms with Crippen molar-refractivity contribution in [1.29, 1.82) is 0 Å². The number of carboxylic acid groups (broad SMARTS) is 1. The number of pyridine rings is 1. The number of amides is 1. The van der Waals surface area contributed by atoms with E-state index >= 15 is 0 Å². The van der Waals surface area contributed by atoms with Crippen molar-refractivity contribution >= 4 is 11.9 Å². The molecule has 1 unspecified atom stereocenters. The van der Waals surface area contributed by atoms with Crippen molar-refractivity contribution in [3.05, 3.63) is 65.5 Å². The molecule has 1 amide bonds. The van der Waals surface area contributed by atoms with Gasteiger partial charge in [-0.05, 0) is 42.3 Å². The third-order valence-electron chi connectivity index (χ3n) is 4.02. The van der Waals surface area contributed by atoms with Crippen LogP contribution in [0.25, 0.3) is 0 Å². The van der Waals surface area contributed by atoms with E-state index < -0.39 is 5.97 Å². The zero-order chi connectivity index (χ0) is 16.9. The van der Waals surface area contributed by atoms with Gasteiger partial charge in [0.2, 0.25) is 0 Å². The zero-order valence-electron chi connectivity index (χ0n) is 13.1. The minimum atomic E-state index is -1.04. The summed E-state index contributed by atoms with van der Waals surface area (Å²) in [5.41, 5.74) is 1.55. The Bertz CT molecular complexity index is 733. The number of rotatable bonds is 5. The van der Waals surface area contributed by atoms with Gasteiger partial charge in [0.1, 0.15) is 0 Å². The van der Waals surface area contributed by atoms with Crippen molar-refractivity contribution < 1.29 is 19.4 Å². The molecule has 1 N–H and O–H groups in total. The van der Waals surface area contributed by atoms with Crippen LogP contribution in [0.2, 0.25) is 0 Å². The van der Waals surface area contributed by atoms with Gasteiger partial charge in [0, 0.05) is 31.0 Å². The zero-order valence-corrected chi connectivity index (χ0v) is 13.1. The molecule has 0 saturated carbocycles. The van der Waals surface area contributed by atoms with E-state index in [1.807, 2.05) is 12.1 Å². The summed E-state index contributed by atoms with van der Waals surface area (Å²) in [4.78, 5) is 29.2. The Kier molecular flexibility index (Phi) is 4.86. The smallest absolute Gasteiger partial charge is 0.335 e. The van der Waals surface area contributed by atoms with E-state index in [4.69, 9.17) is 9.84 Å². The second-order valence-electron chi connectivity index (χ2n) is 5.71. The number of aromatic nitrogens is 1. The molecule has 2 aromatic rings. The lowest BCUT2D eigenvalue weighted by Gasteiger charge is -2.17. The van der Waals surface area contributed by atoms with Crippen LogP contribution in [0.1, 0.15) is 32.7 Å². The van der Waals surface area contributed by atoms with Crippen molar-refractivity contribution in [2.45, 2.75) is 19.1 Å². The summed E-state index contributed by atoms with van der Waals surface area (Å²) in [5, 5.41) is 9.03. The second-order valence-corrected chi connectivity index (χ2v) is 5.71. The summed E-state index contributed by atoms with van der Waals surface area (Å²) in [6.07, 6.45) is 4.21. The molecule has 1 aromatic heterocycles. The van der Waals surface area contributed by atoms with Crippen molar-refractivity contribution in [3.8, 4) is 0 Å². The molecule has 3 rings (SSSR count). The van der Waals surface area contributed by atoms with Gasteiger partial charge in [-0.3, -0.25) is 9.78 Å². The molecule has 0 aliphatic carbocycles. The van der Waals surface area contributed by atoms with Crippen LogP contribution >= 0.6 is 0 Å². The Morgan fingerprint density at radius 1 is 1.21 bits per heavy atom. The van der Waals surface area contributed by atoms with Crippen LogP contribution in [-0.4, -0.2) is 46.1 Å². The third-order valence-corrected chi connectivity index (χ3v) is 4.02. The minimum absolute atomic E-state index is 0.00947. The van der Waals surface area contributed by atoms with E-state index in [1.54, 1.807) is 29.4 Å². The maximum atomic E-state index is 12.5. The molecule has 24 heavy (non-hydrogen) atoms. The van der Waals surface area contributed by atoms with Gasteiger partial charge in [-0.2, -0.15) is 0 Å². The van der Waals surface area contributed by atoms with Crippen molar-refractivity contribution in [3.63, 3.8) is 0 Å². The van der Waals surface area contributed by atoms with E-state index in [9.17, 15) is 9.59 Å². The molecule has 0 radical (unpaired) electrons. The normalized spacial score (nSPS) is 17.0. The van der Waals surface area contributed by atoms with Crippen molar-refractivity contribution in [1.82, 2.24) is 9.88 Å². The molecule has 0 bridgehead atoms. The maximum absolute atomic E-state index is 12.5. The summed E-state index contributed by atoms with van der Waals surface area (Å²) < 4.78 is 5.85. The lowest BCUT2D eigenvalue weighted by atomic mass is 10.1. The first-order valence-electron chi connectivity index (χ1n) is 7.76. The summed E-state index contributed by atoms with van der Waals surface area (Å²) in [5.74, 6) is -1.20. The van der Waals surface area contributed by atoms with Gasteiger partial charge in [-0.25, -0.2) is 4.79 Å². The molecule has 1 fully saturated rings. The molecular weight excluding hydrogens is 308 g/mol. The maximum Gasteiger partial charge on any atom is 0.335 e. The largest absolute Gasteiger partial charge is 0.478 e. The monoisotopic (exact) mass is 326 g/mol. The Morgan fingerprint density at radius 3 is 2.71 bits per heavy atom. The fourth-order valence-corrected chi connectivity index (χ4v) is 2.71. The average Bonchev–Trinajstić information content (AvgIpc) is 3.09. The summed E-state index contributed by atoms with van der Waals surface area (Å²) >= 11 is 0. The number of likely N-dealkylation sites (tertiary alicyclic amines) is 1. The number of hydrogen-bond donors (Lipinski definition) is 1. The van der Waals surface area contributed by atoms with Gasteiger partial charge in [0.15, 0.2) is 0 Å². The highest BCUT2D eigenvalue weighted by Gasteiger charge is 2.27. The van der Waals surface area contributed by atoms with E-state index in [0.717, 1.165) is 12.0 Å². The first-order valence-corrected chi connectivity index (χ1v) is 7.76. The molecular formula is C18H18N2O4. The van der Waals surface area contributed by atoms with Gasteiger partial charge >= 0.3 is 5.97 Å². The predicted molar refractivity (Wildman–Crippen MR) is 86.7 cm³/mol. The van der Waals surface area contributed by atoms with E-state index in [-0.39, 0.29) is 17.6 Å². The topological polar surface area (TPSA) is 79.7 Å². The minimum Gasteiger partial charge on any atom is -0.478 e. The Labute approximate surface area is 139 Å². The summed E-state index contributed by atoms with van der Waals surface area (Å²) in [7, 11) is 0. The molecule has 6 heteroatoms.